The minimum absolute atomic E-state index is 0.0674. The van der Waals surface area contributed by atoms with Gasteiger partial charge in [0.1, 0.15) is 5.69 Å². The van der Waals surface area contributed by atoms with Gasteiger partial charge in [-0.1, -0.05) is 47.5 Å². The first-order chi connectivity index (χ1) is 13.4. The Hall–Kier alpha value is -1.88. The molecule has 2 atom stereocenters. The normalized spacial score (nSPS) is 13.0. The Kier molecular flexibility index (Phi) is 7.11. The number of carbonyl (C=O) groups is 1. The van der Waals surface area contributed by atoms with Gasteiger partial charge in [0.2, 0.25) is 0 Å². The van der Waals surface area contributed by atoms with Gasteiger partial charge in [-0.3, -0.25) is 4.79 Å². The van der Waals surface area contributed by atoms with Gasteiger partial charge >= 0.3 is 0 Å². The fourth-order valence-electron chi connectivity index (χ4n) is 3.06. The van der Waals surface area contributed by atoms with E-state index in [0.29, 0.717) is 15.7 Å². The molecule has 1 heterocycles. The van der Waals surface area contributed by atoms with E-state index in [1.807, 2.05) is 55.5 Å². The minimum atomic E-state index is -0.199. The zero-order chi connectivity index (χ0) is 20.1. The van der Waals surface area contributed by atoms with Crippen LogP contribution in [0.2, 0.25) is 10.0 Å². The van der Waals surface area contributed by atoms with Crippen molar-refractivity contribution in [2.24, 2.45) is 0 Å². The number of aromatic nitrogens is 1. The van der Waals surface area contributed by atoms with Crippen LogP contribution in [0.1, 0.15) is 34.5 Å². The van der Waals surface area contributed by atoms with Crippen molar-refractivity contribution in [1.29, 1.82) is 0 Å². The van der Waals surface area contributed by atoms with E-state index in [2.05, 4.69) is 26.2 Å². The number of nitrogens with zero attached hydrogens (tertiary/aromatic N) is 1. The summed E-state index contributed by atoms with van der Waals surface area (Å²) in [5.41, 5.74) is 2.64. The van der Waals surface area contributed by atoms with Crippen LogP contribution in [-0.4, -0.2) is 16.9 Å². The molecule has 144 valence electrons. The molecule has 0 saturated heterocycles. The third-order valence-corrected chi connectivity index (χ3v) is 5.56. The summed E-state index contributed by atoms with van der Waals surface area (Å²) in [6.07, 6.45) is 2.37. The van der Waals surface area contributed by atoms with Crippen molar-refractivity contribution in [3.63, 3.8) is 0 Å². The lowest BCUT2D eigenvalue weighted by molar-refractivity contribution is 0.0929. The third kappa shape index (κ3) is 5.57. The molecule has 3 rings (SSSR count). The fraction of sp³-hybridized carbons (Fsp3) is 0.182. The fourth-order valence-corrected chi connectivity index (χ4v) is 3.55. The zero-order valence-electron chi connectivity index (χ0n) is 15.2. The predicted octanol–water partition coefficient (Wildman–Crippen LogP) is 6.30. The number of hydrogen-bond donors (Lipinski definition) is 1. The van der Waals surface area contributed by atoms with Gasteiger partial charge < -0.3 is 5.32 Å². The van der Waals surface area contributed by atoms with Gasteiger partial charge in [-0.2, -0.15) is 0 Å². The number of rotatable bonds is 6. The molecule has 0 bridgehead atoms. The number of nitrogens with one attached hydrogen (secondary N) is 1. The molecule has 0 saturated carbocycles. The van der Waals surface area contributed by atoms with Crippen LogP contribution in [0.25, 0.3) is 0 Å². The summed E-state index contributed by atoms with van der Waals surface area (Å²) >= 11 is 15.4. The van der Waals surface area contributed by atoms with Gasteiger partial charge in [0, 0.05) is 32.7 Å². The summed E-state index contributed by atoms with van der Waals surface area (Å²) in [5, 5.41) is 4.47. The van der Waals surface area contributed by atoms with Crippen molar-refractivity contribution >= 4 is 45.0 Å². The summed E-state index contributed by atoms with van der Waals surface area (Å²) in [4.78, 5) is 16.8. The van der Waals surface area contributed by atoms with Gasteiger partial charge in [0.05, 0.1) is 0 Å². The molecule has 0 radical (unpaired) electrons. The monoisotopic (exact) mass is 476 g/mol. The molecular formula is C22H19BrCl2N2O. The maximum Gasteiger partial charge on any atom is 0.270 e. The van der Waals surface area contributed by atoms with E-state index >= 15 is 0 Å². The van der Waals surface area contributed by atoms with Gasteiger partial charge in [-0.25, -0.2) is 4.98 Å². The molecule has 1 amide bonds. The van der Waals surface area contributed by atoms with Crippen LogP contribution >= 0.6 is 39.1 Å². The molecule has 2 unspecified atom stereocenters. The largest absolute Gasteiger partial charge is 0.348 e. The van der Waals surface area contributed by atoms with Crippen molar-refractivity contribution in [1.82, 2.24) is 10.3 Å². The van der Waals surface area contributed by atoms with Gasteiger partial charge in [-0.05, 0) is 76.8 Å². The number of hydrogen-bond acceptors (Lipinski definition) is 2. The minimum Gasteiger partial charge on any atom is -0.348 e. The first-order valence-electron chi connectivity index (χ1n) is 8.84. The second-order valence-electron chi connectivity index (χ2n) is 6.61. The Bertz CT molecular complexity index is 928. The summed E-state index contributed by atoms with van der Waals surface area (Å²) in [6, 6.07) is 18.9. The molecule has 2 aromatic carbocycles. The van der Waals surface area contributed by atoms with E-state index < -0.39 is 0 Å². The van der Waals surface area contributed by atoms with Crippen LogP contribution in [0, 0.1) is 0 Å². The molecule has 1 aromatic heterocycles. The number of carbonyl (C=O) groups excluding carboxylic acids is 1. The van der Waals surface area contributed by atoms with Crippen LogP contribution < -0.4 is 5.32 Å². The molecule has 3 nitrogen and oxygen atoms in total. The van der Waals surface area contributed by atoms with Crippen molar-refractivity contribution in [2.45, 2.75) is 25.3 Å². The van der Waals surface area contributed by atoms with Crippen molar-refractivity contribution in [3.8, 4) is 0 Å². The molecule has 0 spiro atoms. The standard InChI is InChI=1S/C22H19BrCl2N2O/c1-14(27-22(28)21-11-6-17(23)13-26-21)20(16-4-9-19(25)10-5-16)12-15-2-7-18(24)8-3-15/h2-11,13-14,20H,12H2,1H3,(H,27,28). The molecule has 3 aromatic rings. The number of benzene rings is 2. The van der Waals surface area contributed by atoms with E-state index in [1.54, 1.807) is 18.3 Å². The summed E-state index contributed by atoms with van der Waals surface area (Å²) < 4.78 is 0.832. The predicted molar refractivity (Wildman–Crippen MR) is 118 cm³/mol. The van der Waals surface area contributed by atoms with Crippen molar-refractivity contribution in [3.05, 3.63) is 98.2 Å². The zero-order valence-corrected chi connectivity index (χ0v) is 18.3. The summed E-state index contributed by atoms with van der Waals surface area (Å²) in [7, 11) is 0. The van der Waals surface area contributed by atoms with Gasteiger partial charge in [0.25, 0.3) is 5.91 Å². The van der Waals surface area contributed by atoms with E-state index in [-0.39, 0.29) is 17.9 Å². The van der Waals surface area contributed by atoms with Crippen LogP contribution in [0.4, 0.5) is 0 Å². The van der Waals surface area contributed by atoms with Crippen molar-refractivity contribution in [2.75, 3.05) is 0 Å². The average molecular weight is 478 g/mol. The topological polar surface area (TPSA) is 42.0 Å². The molecule has 0 aliphatic rings. The SMILES string of the molecule is CC(NC(=O)c1ccc(Br)cn1)C(Cc1ccc(Cl)cc1)c1ccc(Cl)cc1. The van der Waals surface area contributed by atoms with E-state index in [9.17, 15) is 4.79 Å². The Labute approximate surface area is 183 Å². The lowest BCUT2D eigenvalue weighted by Crippen LogP contribution is -2.38. The number of pyridine rings is 1. The Morgan fingerprint density at radius 1 is 1.00 bits per heavy atom. The quantitative estimate of drug-likeness (QED) is 0.452. The van der Waals surface area contributed by atoms with Crippen LogP contribution in [0.5, 0.6) is 0 Å². The Morgan fingerprint density at radius 3 is 2.18 bits per heavy atom. The van der Waals surface area contributed by atoms with Crippen molar-refractivity contribution < 1.29 is 4.79 Å². The Balaban J connectivity index is 1.82. The number of amides is 1. The molecule has 0 fully saturated rings. The smallest absolute Gasteiger partial charge is 0.270 e. The first-order valence-corrected chi connectivity index (χ1v) is 10.4. The summed E-state index contributed by atoms with van der Waals surface area (Å²) in [5.74, 6) is -0.132. The molecule has 0 aliphatic carbocycles. The second kappa shape index (κ2) is 9.55. The van der Waals surface area contributed by atoms with Gasteiger partial charge in [-0.15, -0.1) is 0 Å². The van der Waals surface area contributed by atoms with Gasteiger partial charge in [0.15, 0.2) is 0 Å². The Morgan fingerprint density at radius 2 is 1.61 bits per heavy atom. The highest BCUT2D eigenvalue weighted by atomic mass is 79.9. The molecule has 0 aliphatic heterocycles. The molecule has 1 N–H and O–H groups in total. The third-order valence-electron chi connectivity index (χ3n) is 4.59. The van der Waals surface area contributed by atoms with E-state index in [1.165, 1.54) is 0 Å². The molecule has 28 heavy (non-hydrogen) atoms. The first kappa shape index (κ1) is 20.8. The lowest BCUT2D eigenvalue weighted by Gasteiger charge is -2.26. The van der Waals surface area contributed by atoms with Crippen LogP contribution in [-0.2, 0) is 6.42 Å². The second-order valence-corrected chi connectivity index (χ2v) is 8.40. The molecular weight excluding hydrogens is 459 g/mol. The lowest BCUT2D eigenvalue weighted by atomic mass is 9.86. The van der Waals surface area contributed by atoms with E-state index in [0.717, 1.165) is 22.0 Å². The highest BCUT2D eigenvalue weighted by Crippen LogP contribution is 2.27. The van der Waals surface area contributed by atoms with Crippen LogP contribution in [0.3, 0.4) is 0 Å². The van der Waals surface area contributed by atoms with Crippen LogP contribution in [0.15, 0.2) is 71.3 Å². The maximum absolute atomic E-state index is 12.6. The summed E-state index contributed by atoms with van der Waals surface area (Å²) in [6.45, 7) is 2.01. The molecule has 6 heteroatoms. The maximum atomic E-state index is 12.6. The average Bonchev–Trinajstić information content (AvgIpc) is 2.68. The van der Waals surface area contributed by atoms with E-state index in [4.69, 9.17) is 23.2 Å². The number of halogens is 3. The highest BCUT2D eigenvalue weighted by Gasteiger charge is 2.22. The highest BCUT2D eigenvalue weighted by molar-refractivity contribution is 9.10.